The minimum absolute atomic E-state index is 0.0424. The van der Waals surface area contributed by atoms with Gasteiger partial charge in [-0.25, -0.2) is 4.79 Å². The Balaban J connectivity index is 4.22. The zero-order valence-corrected chi connectivity index (χ0v) is 10.5. The second kappa shape index (κ2) is 9.23. The van der Waals surface area contributed by atoms with Crippen LogP contribution in [-0.2, 0) is 19.1 Å². The van der Waals surface area contributed by atoms with Gasteiger partial charge in [-0.15, -0.1) is 0 Å². The van der Waals surface area contributed by atoms with Crippen LogP contribution in [0.25, 0.3) is 0 Å². The standard InChI is InChI=1S/C10H18N2O6/c1-17-6-5-12(4-3-9(15)18-2)10(16)11-7-8(13)14/h3-7H2,1-2H3,(H,11,16)(H,13,14). The molecule has 0 radical (unpaired) electrons. The Labute approximate surface area is 105 Å². The fraction of sp³-hybridized carbons (Fsp3) is 0.700. The maximum Gasteiger partial charge on any atom is 0.323 e. The van der Waals surface area contributed by atoms with Gasteiger partial charge in [0.2, 0.25) is 0 Å². The lowest BCUT2D eigenvalue weighted by atomic mass is 10.4. The van der Waals surface area contributed by atoms with Crippen molar-refractivity contribution in [2.45, 2.75) is 6.42 Å². The minimum Gasteiger partial charge on any atom is -0.480 e. The van der Waals surface area contributed by atoms with Gasteiger partial charge in [0.15, 0.2) is 0 Å². The SMILES string of the molecule is COCCN(CCC(=O)OC)C(=O)NCC(=O)O. The van der Waals surface area contributed by atoms with Crippen LogP contribution >= 0.6 is 0 Å². The van der Waals surface area contributed by atoms with E-state index in [1.807, 2.05) is 0 Å². The Hall–Kier alpha value is -1.83. The van der Waals surface area contributed by atoms with E-state index >= 15 is 0 Å². The summed E-state index contributed by atoms with van der Waals surface area (Å²) in [4.78, 5) is 34.2. The summed E-state index contributed by atoms with van der Waals surface area (Å²) in [6.07, 6.45) is 0.0424. The van der Waals surface area contributed by atoms with Gasteiger partial charge in [0, 0.05) is 20.2 Å². The van der Waals surface area contributed by atoms with Crippen molar-refractivity contribution in [2.75, 3.05) is 40.5 Å². The Bertz CT molecular complexity index is 294. The molecule has 0 aliphatic heterocycles. The van der Waals surface area contributed by atoms with Gasteiger partial charge in [-0.1, -0.05) is 0 Å². The highest BCUT2D eigenvalue weighted by atomic mass is 16.5. The molecule has 2 N–H and O–H groups in total. The highest BCUT2D eigenvalue weighted by molar-refractivity contribution is 5.80. The van der Waals surface area contributed by atoms with E-state index in [0.29, 0.717) is 6.61 Å². The van der Waals surface area contributed by atoms with E-state index in [2.05, 4.69) is 10.1 Å². The minimum atomic E-state index is -1.14. The fourth-order valence-electron chi connectivity index (χ4n) is 1.11. The van der Waals surface area contributed by atoms with Crippen molar-refractivity contribution in [3.8, 4) is 0 Å². The number of methoxy groups -OCH3 is 2. The predicted molar refractivity (Wildman–Crippen MR) is 61.1 cm³/mol. The molecule has 0 aliphatic rings. The van der Waals surface area contributed by atoms with E-state index in [0.717, 1.165) is 0 Å². The van der Waals surface area contributed by atoms with Crippen LogP contribution in [0, 0.1) is 0 Å². The van der Waals surface area contributed by atoms with Crippen LogP contribution in [0.3, 0.4) is 0 Å². The molecule has 104 valence electrons. The molecule has 8 heteroatoms. The molecule has 0 atom stereocenters. The molecule has 0 heterocycles. The Morgan fingerprint density at radius 3 is 2.39 bits per heavy atom. The maximum absolute atomic E-state index is 11.6. The second-order valence-electron chi connectivity index (χ2n) is 3.36. The van der Waals surface area contributed by atoms with E-state index in [9.17, 15) is 14.4 Å². The number of amides is 2. The number of nitrogens with one attached hydrogen (secondary N) is 1. The van der Waals surface area contributed by atoms with Crippen molar-refractivity contribution in [2.24, 2.45) is 0 Å². The van der Waals surface area contributed by atoms with Gasteiger partial charge in [-0.2, -0.15) is 0 Å². The van der Waals surface area contributed by atoms with Gasteiger partial charge in [0.1, 0.15) is 6.54 Å². The first kappa shape index (κ1) is 16.2. The largest absolute Gasteiger partial charge is 0.480 e. The van der Waals surface area contributed by atoms with E-state index in [-0.39, 0.29) is 19.5 Å². The number of carboxylic acids is 1. The van der Waals surface area contributed by atoms with Crippen LogP contribution in [0.4, 0.5) is 4.79 Å². The van der Waals surface area contributed by atoms with Crippen LogP contribution in [0.5, 0.6) is 0 Å². The number of urea groups is 1. The predicted octanol–water partition coefficient (Wildman–Crippen LogP) is -0.708. The third-order valence-corrected chi connectivity index (χ3v) is 2.06. The number of nitrogens with zero attached hydrogens (tertiary/aromatic N) is 1. The van der Waals surface area contributed by atoms with Crippen molar-refractivity contribution >= 4 is 18.0 Å². The highest BCUT2D eigenvalue weighted by Gasteiger charge is 2.15. The van der Waals surface area contributed by atoms with Gasteiger partial charge in [0.25, 0.3) is 0 Å². The topological polar surface area (TPSA) is 105 Å². The quantitative estimate of drug-likeness (QED) is 0.560. The van der Waals surface area contributed by atoms with Gasteiger partial charge in [-0.3, -0.25) is 9.59 Å². The molecule has 0 aromatic rings. The molecular formula is C10H18N2O6. The molecule has 0 rings (SSSR count). The van der Waals surface area contributed by atoms with Crippen molar-refractivity contribution < 1.29 is 29.0 Å². The lowest BCUT2D eigenvalue weighted by Gasteiger charge is -2.21. The molecule has 0 bridgehead atoms. The second-order valence-corrected chi connectivity index (χ2v) is 3.36. The lowest BCUT2D eigenvalue weighted by molar-refractivity contribution is -0.141. The number of rotatable bonds is 8. The first-order valence-corrected chi connectivity index (χ1v) is 5.31. The van der Waals surface area contributed by atoms with Crippen LogP contribution in [-0.4, -0.2) is 68.4 Å². The Morgan fingerprint density at radius 2 is 1.89 bits per heavy atom. The van der Waals surface area contributed by atoms with Crippen molar-refractivity contribution in [3.05, 3.63) is 0 Å². The molecule has 0 unspecified atom stereocenters. The molecule has 8 nitrogen and oxygen atoms in total. The summed E-state index contributed by atoms with van der Waals surface area (Å²) < 4.78 is 9.29. The summed E-state index contributed by atoms with van der Waals surface area (Å²) in [5.74, 6) is -1.58. The Kier molecular flexibility index (Phi) is 8.29. The Morgan fingerprint density at radius 1 is 1.22 bits per heavy atom. The van der Waals surface area contributed by atoms with Crippen LogP contribution in [0.1, 0.15) is 6.42 Å². The normalized spacial score (nSPS) is 9.67. The average molecular weight is 262 g/mol. The van der Waals surface area contributed by atoms with E-state index in [4.69, 9.17) is 9.84 Å². The van der Waals surface area contributed by atoms with E-state index in [1.165, 1.54) is 19.1 Å². The van der Waals surface area contributed by atoms with Crippen LogP contribution in [0.15, 0.2) is 0 Å². The summed E-state index contributed by atoms with van der Waals surface area (Å²) in [6, 6.07) is -0.557. The number of hydrogen-bond acceptors (Lipinski definition) is 5. The van der Waals surface area contributed by atoms with E-state index in [1.54, 1.807) is 0 Å². The average Bonchev–Trinajstić information content (AvgIpc) is 2.35. The number of esters is 1. The van der Waals surface area contributed by atoms with Crippen molar-refractivity contribution in [1.82, 2.24) is 10.2 Å². The van der Waals surface area contributed by atoms with Crippen LogP contribution < -0.4 is 5.32 Å². The summed E-state index contributed by atoms with van der Waals surface area (Å²) in [5.41, 5.74) is 0. The zero-order valence-electron chi connectivity index (χ0n) is 10.5. The third kappa shape index (κ3) is 7.44. The number of carbonyl (C=O) groups excluding carboxylic acids is 2. The number of ether oxygens (including phenoxy) is 2. The highest BCUT2D eigenvalue weighted by Crippen LogP contribution is 1.95. The maximum atomic E-state index is 11.6. The van der Waals surface area contributed by atoms with Crippen molar-refractivity contribution in [1.29, 1.82) is 0 Å². The summed E-state index contributed by atoms with van der Waals surface area (Å²) in [5, 5.41) is 10.7. The van der Waals surface area contributed by atoms with Gasteiger partial charge >= 0.3 is 18.0 Å². The summed E-state index contributed by atoms with van der Waals surface area (Å²) in [6.45, 7) is 0.225. The van der Waals surface area contributed by atoms with Crippen molar-refractivity contribution in [3.63, 3.8) is 0 Å². The zero-order chi connectivity index (χ0) is 14.0. The first-order valence-electron chi connectivity index (χ1n) is 5.31. The molecule has 0 aromatic carbocycles. The first-order chi connectivity index (χ1) is 8.51. The molecule has 18 heavy (non-hydrogen) atoms. The molecule has 0 saturated heterocycles. The molecule has 0 saturated carbocycles. The third-order valence-electron chi connectivity index (χ3n) is 2.06. The molecule has 0 aliphatic carbocycles. The van der Waals surface area contributed by atoms with E-state index < -0.39 is 24.5 Å². The smallest absolute Gasteiger partial charge is 0.323 e. The monoisotopic (exact) mass is 262 g/mol. The summed E-state index contributed by atoms with van der Waals surface area (Å²) >= 11 is 0. The number of aliphatic carboxylic acids is 1. The molecule has 2 amide bonds. The van der Waals surface area contributed by atoms with Gasteiger partial charge < -0.3 is 24.8 Å². The van der Waals surface area contributed by atoms with Crippen LogP contribution in [0.2, 0.25) is 0 Å². The lowest BCUT2D eigenvalue weighted by Crippen LogP contribution is -2.44. The number of carboxylic acid groups (broad SMARTS) is 1. The number of hydrogen-bond donors (Lipinski definition) is 2. The molecule has 0 spiro atoms. The van der Waals surface area contributed by atoms with Gasteiger partial charge in [-0.05, 0) is 0 Å². The number of carbonyl (C=O) groups is 3. The summed E-state index contributed by atoms with van der Waals surface area (Å²) in [7, 11) is 2.74. The molecule has 0 aromatic heterocycles. The molecular weight excluding hydrogens is 244 g/mol. The molecule has 0 fully saturated rings. The fourth-order valence-corrected chi connectivity index (χ4v) is 1.11. The van der Waals surface area contributed by atoms with Gasteiger partial charge in [0.05, 0.1) is 20.1 Å².